The Hall–Kier alpha value is -1.68. The predicted molar refractivity (Wildman–Crippen MR) is 96.0 cm³/mol. The molecule has 0 aliphatic carbocycles. The Balaban J connectivity index is 2.57. The van der Waals surface area contributed by atoms with Crippen molar-refractivity contribution in [3.05, 3.63) is 34.9 Å². The first-order chi connectivity index (χ1) is 11.3. The fourth-order valence-corrected chi connectivity index (χ4v) is 2.59. The minimum absolute atomic E-state index is 0.00561. The molecule has 0 bridgehead atoms. The maximum Gasteiger partial charge on any atom is 0.224 e. The van der Waals surface area contributed by atoms with E-state index in [1.165, 1.54) is 0 Å². The summed E-state index contributed by atoms with van der Waals surface area (Å²) in [6.07, 6.45) is 1.68. The zero-order valence-electron chi connectivity index (χ0n) is 14.6. The molecule has 0 unspecified atom stereocenters. The Morgan fingerprint density at radius 1 is 1.08 bits per heavy atom. The minimum atomic E-state index is -0.417. The first kappa shape index (κ1) is 20.4. The van der Waals surface area contributed by atoms with E-state index in [2.05, 4.69) is 5.32 Å². The summed E-state index contributed by atoms with van der Waals surface area (Å²) >= 11 is 5.83. The van der Waals surface area contributed by atoms with Crippen molar-refractivity contribution in [2.45, 2.75) is 46.5 Å². The third-order valence-electron chi connectivity index (χ3n) is 3.89. The highest BCUT2D eigenvalue weighted by atomic mass is 35.5. The first-order valence-corrected chi connectivity index (χ1v) is 8.76. The Morgan fingerprint density at radius 2 is 1.71 bits per heavy atom. The number of nitrogens with one attached hydrogen (secondary N) is 1. The van der Waals surface area contributed by atoms with Crippen molar-refractivity contribution in [1.29, 1.82) is 0 Å². The van der Waals surface area contributed by atoms with Crippen molar-refractivity contribution in [1.82, 2.24) is 5.32 Å². The number of amides is 1. The van der Waals surface area contributed by atoms with Crippen LogP contribution in [0.5, 0.6) is 0 Å². The summed E-state index contributed by atoms with van der Waals surface area (Å²) in [4.78, 5) is 36.1. The molecule has 1 atom stereocenters. The maximum absolute atomic E-state index is 12.3. The van der Waals surface area contributed by atoms with Crippen molar-refractivity contribution in [2.75, 3.05) is 6.54 Å². The Bertz CT molecular complexity index is 566. The van der Waals surface area contributed by atoms with Gasteiger partial charge in [0.1, 0.15) is 5.78 Å². The molecule has 0 radical (unpaired) electrons. The molecule has 1 aromatic rings. The lowest BCUT2D eigenvalue weighted by Crippen LogP contribution is -2.38. The van der Waals surface area contributed by atoms with Crippen LogP contribution in [0.2, 0.25) is 5.02 Å². The van der Waals surface area contributed by atoms with Gasteiger partial charge in [0, 0.05) is 30.2 Å². The van der Waals surface area contributed by atoms with Crippen molar-refractivity contribution >= 4 is 29.1 Å². The average molecular weight is 352 g/mol. The van der Waals surface area contributed by atoms with Crippen molar-refractivity contribution in [3.8, 4) is 0 Å². The zero-order chi connectivity index (χ0) is 18.1. The van der Waals surface area contributed by atoms with Gasteiger partial charge in [-0.05, 0) is 30.0 Å². The number of Topliss-reactive ketones (excluding diaryl/α,β-unsaturated/α-hetero) is 2. The van der Waals surface area contributed by atoms with Crippen LogP contribution in [-0.4, -0.2) is 24.0 Å². The summed E-state index contributed by atoms with van der Waals surface area (Å²) in [5.74, 6) is -0.592. The molecular weight excluding hydrogens is 326 g/mol. The van der Waals surface area contributed by atoms with Gasteiger partial charge in [-0.2, -0.15) is 0 Å². The summed E-state index contributed by atoms with van der Waals surface area (Å²) in [6.45, 7) is 5.79. The minimum Gasteiger partial charge on any atom is -0.349 e. The third-order valence-corrected chi connectivity index (χ3v) is 4.14. The van der Waals surface area contributed by atoms with Crippen molar-refractivity contribution in [2.24, 2.45) is 11.8 Å². The SMILES string of the molecule is CCCC(=O)CNC(=O)[C@@H](CC(=O)Cc1ccc(Cl)cc1)C(C)C. The van der Waals surface area contributed by atoms with Crippen molar-refractivity contribution in [3.63, 3.8) is 0 Å². The van der Waals surface area contributed by atoms with Gasteiger partial charge in [-0.25, -0.2) is 0 Å². The summed E-state index contributed by atoms with van der Waals surface area (Å²) in [6, 6.07) is 7.12. The normalized spacial score (nSPS) is 12.0. The molecule has 1 N–H and O–H groups in total. The van der Waals surface area contributed by atoms with Crippen LogP contribution in [-0.2, 0) is 20.8 Å². The number of carbonyl (C=O) groups is 3. The molecule has 24 heavy (non-hydrogen) atoms. The average Bonchev–Trinajstić information content (AvgIpc) is 2.52. The van der Waals surface area contributed by atoms with Gasteiger partial charge in [-0.15, -0.1) is 0 Å². The van der Waals surface area contributed by atoms with Crippen LogP contribution in [0.15, 0.2) is 24.3 Å². The van der Waals surface area contributed by atoms with Gasteiger partial charge >= 0.3 is 0 Å². The molecule has 1 amide bonds. The number of halogens is 1. The van der Waals surface area contributed by atoms with Crippen molar-refractivity contribution < 1.29 is 14.4 Å². The lowest BCUT2D eigenvalue weighted by Gasteiger charge is -2.19. The van der Waals surface area contributed by atoms with Crippen LogP contribution in [0.3, 0.4) is 0 Å². The highest BCUT2D eigenvalue weighted by Gasteiger charge is 2.25. The largest absolute Gasteiger partial charge is 0.349 e. The van der Waals surface area contributed by atoms with E-state index >= 15 is 0 Å². The first-order valence-electron chi connectivity index (χ1n) is 8.39. The maximum atomic E-state index is 12.3. The summed E-state index contributed by atoms with van der Waals surface area (Å²) in [7, 11) is 0. The fourth-order valence-electron chi connectivity index (χ4n) is 2.46. The molecule has 0 saturated carbocycles. The fraction of sp³-hybridized carbons (Fsp3) is 0.526. The molecule has 4 nitrogen and oxygen atoms in total. The molecule has 0 fully saturated rings. The van der Waals surface area contributed by atoms with Gasteiger partial charge < -0.3 is 5.32 Å². The summed E-state index contributed by atoms with van der Waals surface area (Å²) < 4.78 is 0. The summed E-state index contributed by atoms with van der Waals surface area (Å²) in [5, 5.41) is 3.29. The highest BCUT2D eigenvalue weighted by molar-refractivity contribution is 6.30. The van der Waals surface area contributed by atoms with E-state index < -0.39 is 5.92 Å². The van der Waals surface area contributed by atoms with Gasteiger partial charge in [0.15, 0.2) is 5.78 Å². The Morgan fingerprint density at radius 3 is 2.25 bits per heavy atom. The van der Waals surface area contributed by atoms with E-state index in [0.717, 1.165) is 12.0 Å². The van der Waals surface area contributed by atoms with E-state index in [9.17, 15) is 14.4 Å². The molecular formula is C19H26ClNO3. The second-order valence-electron chi connectivity index (χ2n) is 6.40. The van der Waals surface area contributed by atoms with Crippen LogP contribution in [0.25, 0.3) is 0 Å². The molecule has 0 aliphatic heterocycles. The van der Waals surface area contributed by atoms with E-state index in [4.69, 9.17) is 11.6 Å². The molecule has 5 heteroatoms. The number of benzene rings is 1. The smallest absolute Gasteiger partial charge is 0.224 e. The van der Waals surface area contributed by atoms with E-state index in [0.29, 0.717) is 11.4 Å². The zero-order valence-corrected chi connectivity index (χ0v) is 15.4. The lowest BCUT2D eigenvalue weighted by atomic mass is 9.88. The van der Waals surface area contributed by atoms with Crippen LogP contribution in [0.1, 0.15) is 45.6 Å². The number of hydrogen-bond acceptors (Lipinski definition) is 3. The number of ketones is 2. The monoisotopic (exact) mass is 351 g/mol. The van der Waals surface area contributed by atoms with Gasteiger partial charge in [0.05, 0.1) is 6.54 Å². The second-order valence-corrected chi connectivity index (χ2v) is 6.84. The Kier molecular flexibility index (Phi) is 8.69. The van der Waals surface area contributed by atoms with E-state index in [1.54, 1.807) is 12.1 Å². The van der Waals surface area contributed by atoms with Crippen LogP contribution in [0.4, 0.5) is 0 Å². The molecule has 0 aromatic heterocycles. The number of hydrogen-bond donors (Lipinski definition) is 1. The number of rotatable bonds is 10. The Labute approximate surface area is 149 Å². The second kappa shape index (κ2) is 10.2. The molecule has 0 heterocycles. The van der Waals surface area contributed by atoms with Crippen LogP contribution in [0, 0.1) is 11.8 Å². The molecule has 1 rings (SSSR count). The number of carbonyl (C=O) groups excluding carboxylic acids is 3. The topological polar surface area (TPSA) is 63.2 Å². The van der Waals surface area contributed by atoms with Crippen LogP contribution < -0.4 is 5.32 Å². The molecule has 132 valence electrons. The van der Waals surface area contributed by atoms with Gasteiger partial charge in [0.2, 0.25) is 5.91 Å². The van der Waals surface area contributed by atoms with Gasteiger partial charge in [-0.1, -0.05) is 44.5 Å². The predicted octanol–water partition coefficient (Wildman–Crippen LogP) is 3.60. The standard InChI is InChI=1S/C19H26ClNO3/c1-4-5-16(22)12-21-19(24)18(13(2)3)11-17(23)10-14-6-8-15(20)9-7-14/h6-9,13,18H,4-5,10-12H2,1-3H3,(H,21,24)/t18-/m0/s1. The molecule has 0 spiro atoms. The highest BCUT2D eigenvalue weighted by Crippen LogP contribution is 2.18. The molecule has 0 saturated heterocycles. The third kappa shape index (κ3) is 7.26. The summed E-state index contributed by atoms with van der Waals surface area (Å²) in [5.41, 5.74) is 0.880. The van der Waals surface area contributed by atoms with E-state index in [1.807, 2.05) is 32.9 Å². The van der Waals surface area contributed by atoms with Gasteiger partial charge in [0.25, 0.3) is 0 Å². The quantitative estimate of drug-likeness (QED) is 0.700. The molecule has 1 aromatic carbocycles. The lowest BCUT2D eigenvalue weighted by molar-refractivity contribution is -0.132. The van der Waals surface area contributed by atoms with E-state index in [-0.39, 0.29) is 42.8 Å². The molecule has 0 aliphatic rings. The van der Waals surface area contributed by atoms with Gasteiger partial charge in [-0.3, -0.25) is 14.4 Å². The van der Waals surface area contributed by atoms with Crippen LogP contribution >= 0.6 is 11.6 Å².